The zero-order valence-electron chi connectivity index (χ0n) is 11.0. The van der Waals surface area contributed by atoms with Crippen LogP contribution in [0.1, 0.15) is 19.4 Å². The van der Waals surface area contributed by atoms with Crippen LogP contribution < -0.4 is 9.47 Å². The van der Waals surface area contributed by atoms with Gasteiger partial charge in [0.15, 0.2) is 0 Å². The molecular formula is C13H20O3S. The Balaban J connectivity index is 3.13. The lowest BCUT2D eigenvalue weighted by atomic mass is 10.2. The van der Waals surface area contributed by atoms with Gasteiger partial charge in [-0.2, -0.15) is 0 Å². The summed E-state index contributed by atoms with van der Waals surface area (Å²) in [7, 11) is 3.30. The van der Waals surface area contributed by atoms with Gasteiger partial charge in [0.05, 0.1) is 25.7 Å². The molecule has 0 aliphatic rings. The first-order valence-electron chi connectivity index (χ1n) is 5.46. The molecule has 0 heterocycles. The second-order valence-corrected chi connectivity index (χ2v) is 6.19. The molecule has 0 saturated carbocycles. The van der Waals surface area contributed by atoms with Crippen molar-refractivity contribution in [3.63, 3.8) is 0 Å². The van der Waals surface area contributed by atoms with E-state index in [0.29, 0.717) is 0 Å². The van der Waals surface area contributed by atoms with Gasteiger partial charge in [0.2, 0.25) is 0 Å². The van der Waals surface area contributed by atoms with E-state index in [9.17, 15) is 5.11 Å². The molecule has 17 heavy (non-hydrogen) atoms. The Kier molecular flexibility index (Phi) is 4.71. The molecule has 0 aliphatic carbocycles. The minimum absolute atomic E-state index is 0.117. The van der Waals surface area contributed by atoms with Gasteiger partial charge in [-0.1, -0.05) is 0 Å². The molecule has 0 aliphatic heterocycles. The Hall–Kier alpha value is -0.870. The third-order valence-electron chi connectivity index (χ3n) is 2.51. The van der Waals surface area contributed by atoms with Crippen LogP contribution in [0.5, 0.6) is 11.5 Å². The SMILES string of the molecule is COc1ccc(SC(C)(C)CO)c(OC)c1C. The van der Waals surface area contributed by atoms with E-state index in [0.717, 1.165) is 22.0 Å². The molecule has 3 nitrogen and oxygen atoms in total. The number of benzene rings is 1. The van der Waals surface area contributed by atoms with Gasteiger partial charge in [-0.25, -0.2) is 0 Å². The summed E-state index contributed by atoms with van der Waals surface area (Å²) in [6, 6.07) is 3.89. The molecule has 0 bridgehead atoms. The van der Waals surface area contributed by atoms with E-state index in [1.54, 1.807) is 26.0 Å². The van der Waals surface area contributed by atoms with Gasteiger partial charge in [0.1, 0.15) is 11.5 Å². The number of aliphatic hydroxyl groups is 1. The molecule has 1 rings (SSSR count). The van der Waals surface area contributed by atoms with E-state index in [-0.39, 0.29) is 11.4 Å². The van der Waals surface area contributed by atoms with Gasteiger partial charge in [-0.3, -0.25) is 0 Å². The fourth-order valence-electron chi connectivity index (χ4n) is 1.53. The maximum Gasteiger partial charge on any atom is 0.139 e. The number of aliphatic hydroxyl groups excluding tert-OH is 1. The summed E-state index contributed by atoms with van der Waals surface area (Å²) in [5, 5.41) is 9.30. The van der Waals surface area contributed by atoms with Crippen molar-refractivity contribution in [2.45, 2.75) is 30.4 Å². The van der Waals surface area contributed by atoms with Crippen LogP contribution in [0.2, 0.25) is 0 Å². The van der Waals surface area contributed by atoms with Crippen LogP contribution in [0.15, 0.2) is 17.0 Å². The third-order valence-corrected chi connectivity index (χ3v) is 3.73. The van der Waals surface area contributed by atoms with Crippen LogP contribution in [0.4, 0.5) is 0 Å². The summed E-state index contributed by atoms with van der Waals surface area (Å²) in [5.41, 5.74) is 0.980. The summed E-state index contributed by atoms with van der Waals surface area (Å²) in [5.74, 6) is 1.63. The summed E-state index contributed by atoms with van der Waals surface area (Å²) >= 11 is 1.60. The van der Waals surface area contributed by atoms with Crippen LogP contribution in [0, 0.1) is 6.92 Å². The van der Waals surface area contributed by atoms with E-state index in [2.05, 4.69) is 0 Å². The first kappa shape index (κ1) is 14.2. The van der Waals surface area contributed by atoms with Gasteiger partial charge in [-0.15, -0.1) is 11.8 Å². The Bertz CT molecular complexity index is 388. The predicted octanol–water partition coefficient (Wildman–Crippen LogP) is 2.88. The van der Waals surface area contributed by atoms with Crippen molar-refractivity contribution in [2.24, 2.45) is 0 Å². The van der Waals surface area contributed by atoms with Crippen molar-refractivity contribution in [1.82, 2.24) is 0 Å². The Morgan fingerprint density at radius 3 is 2.35 bits per heavy atom. The lowest BCUT2D eigenvalue weighted by Crippen LogP contribution is -2.19. The molecule has 4 heteroatoms. The summed E-state index contributed by atoms with van der Waals surface area (Å²) in [6.45, 7) is 6.08. The second-order valence-electron chi connectivity index (χ2n) is 4.44. The van der Waals surface area contributed by atoms with E-state index in [1.807, 2.05) is 32.9 Å². The van der Waals surface area contributed by atoms with Crippen LogP contribution in [0.3, 0.4) is 0 Å². The van der Waals surface area contributed by atoms with Crippen molar-refractivity contribution in [3.05, 3.63) is 17.7 Å². The summed E-state index contributed by atoms with van der Waals surface area (Å²) < 4.78 is 10.5. The largest absolute Gasteiger partial charge is 0.496 e. The van der Waals surface area contributed by atoms with Crippen molar-refractivity contribution in [1.29, 1.82) is 0 Å². The van der Waals surface area contributed by atoms with Crippen molar-refractivity contribution < 1.29 is 14.6 Å². The normalized spacial score (nSPS) is 11.4. The summed E-state index contributed by atoms with van der Waals surface area (Å²) in [4.78, 5) is 1.02. The minimum Gasteiger partial charge on any atom is -0.496 e. The van der Waals surface area contributed by atoms with E-state index in [4.69, 9.17) is 9.47 Å². The molecule has 0 radical (unpaired) electrons. The molecule has 1 N–H and O–H groups in total. The Morgan fingerprint density at radius 2 is 1.88 bits per heavy atom. The number of thioether (sulfide) groups is 1. The molecule has 96 valence electrons. The second kappa shape index (κ2) is 5.65. The average molecular weight is 256 g/mol. The molecule has 1 aromatic carbocycles. The zero-order chi connectivity index (χ0) is 13.1. The monoisotopic (exact) mass is 256 g/mol. The van der Waals surface area contributed by atoms with Gasteiger partial charge in [-0.05, 0) is 32.9 Å². The molecule has 0 unspecified atom stereocenters. The number of ether oxygens (including phenoxy) is 2. The van der Waals surface area contributed by atoms with Crippen LogP contribution >= 0.6 is 11.8 Å². The van der Waals surface area contributed by atoms with E-state index >= 15 is 0 Å². The number of hydrogen-bond acceptors (Lipinski definition) is 4. The third kappa shape index (κ3) is 3.30. The number of hydrogen-bond donors (Lipinski definition) is 1. The molecule has 0 spiro atoms. The van der Waals surface area contributed by atoms with Gasteiger partial charge < -0.3 is 14.6 Å². The lowest BCUT2D eigenvalue weighted by molar-refractivity contribution is 0.265. The molecule has 0 saturated heterocycles. The quantitative estimate of drug-likeness (QED) is 0.822. The molecule has 1 aromatic rings. The highest BCUT2D eigenvalue weighted by atomic mass is 32.2. The van der Waals surface area contributed by atoms with Crippen molar-refractivity contribution in [3.8, 4) is 11.5 Å². The first-order valence-corrected chi connectivity index (χ1v) is 6.28. The lowest BCUT2D eigenvalue weighted by Gasteiger charge is -2.23. The maximum atomic E-state index is 9.30. The predicted molar refractivity (Wildman–Crippen MR) is 71.3 cm³/mol. The highest BCUT2D eigenvalue weighted by Gasteiger charge is 2.22. The summed E-state index contributed by atoms with van der Waals surface area (Å²) in [6.07, 6.45) is 0. The van der Waals surface area contributed by atoms with Crippen LogP contribution in [-0.4, -0.2) is 30.7 Å². The first-order chi connectivity index (χ1) is 7.95. The number of rotatable bonds is 5. The fraction of sp³-hybridized carbons (Fsp3) is 0.538. The topological polar surface area (TPSA) is 38.7 Å². The molecule has 0 amide bonds. The molecule has 0 aromatic heterocycles. The Labute approximate surface area is 107 Å². The van der Waals surface area contributed by atoms with Crippen molar-refractivity contribution >= 4 is 11.8 Å². The van der Waals surface area contributed by atoms with Gasteiger partial charge in [0.25, 0.3) is 0 Å². The van der Waals surface area contributed by atoms with E-state index in [1.165, 1.54) is 0 Å². The average Bonchev–Trinajstić information content (AvgIpc) is 2.29. The molecule has 0 atom stereocenters. The number of methoxy groups -OCH3 is 2. The van der Waals surface area contributed by atoms with Crippen molar-refractivity contribution in [2.75, 3.05) is 20.8 Å². The highest BCUT2D eigenvalue weighted by molar-refractivity contribution is 8.00. The standard InChI is InChI=1S/C13H20O3S/c1-9-10(15-4)6-7-11(12(9)16-5)17-13(2,3)8-14/h6-7,14H,8H2,1-5H3. The smallest absolute Gasteiger partial charge is 0.139 e. The highest BCUT2D eigenvalue weighted by Crippen LogP contribution is 2.42. The fourth-order valence-corrected chi connectivity index (χ4v) is 2.66. The minimum atomic E-state index is -0.228. The molecule has 0 fully saturated rings. The Morgan fingerprint density at radius 1 is 1.24 bits per heavy atom. The van der Waals surface area contributed by atoms with Crippen LogP contribution in [0.25, 0.3) is 0 Å². The maximum absolute atomic E-state index is 9.30. The van der Waals surface area contributed by atoms with Gasteiger partial charge >= 0.3 is 0 Å². The zero-order valence-corrected chi connectivity index (χ0v) is 11.9. The van der Waals surface area contributed by atoms with Gasteiger partial charge in [0, 0.05) is 10.3 Å². The van der Waals surface area contributed by atoms with E-state index < -0.39 is 0 Å². The van der Waals surface area contributed by atoms with Crippen LogP contribution in [-0.2, 0) is 0 Å². The molecular weight excluding hydrogens is 236 g/mol.